The number of furan rings is 1. The van der Waals surface area contributed by atoms with E-state index in [0.29, 0.717) is 0 Å². The van der Waals surface area contributed by atoms with E-state index < -0.39 is 5.41 Å². The van der Waals surface area contributed by atoms with Gasteiger partial charge in [0.15, 0.2) is 5.58 Å². The molecule has 1 unspecified atom stereocenters. The Morgan fingerprint density at radius 2 is 1.13 bits per heavy atom. The van der Waals surface area contributed by atoms with Crippen LogP contribution in [0.25, 0.3) is 33.1 Å². The summed E-state index contributed by atoms with van der Waals surface area (Å²) in [6.07, 6.45) is 0. The molecule has 7 aromatic carbocycles. The number of aryl methyl sites for hydroxylation is 1. The quantitative estimate of drug-likeness (QED) is 0.199. The third kappa shape index (κ3) is 3.83. The van der Waals surface area contributed by atoms with Gasteiger partial charge >= 0.3 is 0 Å². The summed E-state index contributed by atoms with van der Waals surface area (Å²) in [6.45, 7) is 2.16. The van der Waals surface area contributed by atoms with Crippen LogP contribution in [0.15, 0.2) is 174 Å². The van der Waals surface area contributed by atoms with E-state index in [9.17, 15) is 0 Å². The molecule has 0 saturated carbocycles. The Balaban J connectivity index is 1.36. The molecule has 9 rings (SSSR count). The summed E-state index contributed by atoms with van der Waals surface area (Å²) in [4.78, 5) is 2.35. The molecule has 0 saturated heterocycles. The molecular formula is C44H31NO. The van der Waals surface area contributed by atoms with E-state index in [-0.39, 0.29) is 0 Å². The molecule has 0 radical (unpaired) electrons. The third-order valence-electron chi connectivity index (χ3n) is 9.62. The number of anilines is 3. The monoisotopic (exact) mass is 589 g/mol. The van der Waals surface area contributed by atoms with Crippen molar-refractivity contribution in [3.8, 4) is 11.1 Å². The number of hydrogen-bond acceptors (Lipinski definition) is 2. The molecule has 1 aliphatic carbocycles. The average molecular weight is 590 g/mol. The van der Waals surface area contributed by atoms with E-state index in [1.165, 1.54) is 38.9 Å². The molecule has 0 bridgehead atoms. The Morgan fingerprint density at radius 1 is 0.478 bits per heavy atom. The highest BCUT2D eigenvalue weighted by atomic mass is 16.3. The van der Waals surface area contributed by atoms with Gasteiger partial charge in [0.25, 0.3) is 0 Å². The van der Waals surface area contributed by atoms with Crippen molar-refractivity contribution in [3.63, 3.8) is 0 Å². The van der Waals surface area contributed by atoms with Gasteiger partial charge in [-0.1, -0.05) is 139 Å². The molecule has 0 aliphatic heterocycles. The highest BCUT2D eigenvalue weighted by Crippen LogP contribution is 2.57. The van der Waals surface area contributed by atoms with Crippen LogP contribution < -0.4 is 4.90 Å². The van der Waals surface area contributed by atoms with Crippen molar-refractivity contribution in [2.24, 2.45) is 0 Å². The predicted octanol–water partition coefficient (Wildman–Crippen LogP) is 11.7. The van der Waals surface area contributed by atoms with Crippen LogP contribution >= 0.6 is 0 Å². The highest BCUT2D eigenvalue weighted by molar-refractivity contribution is 6.10. The second kappa shape index (κ2) is 10.4. The van der Waals surface area contributed by atoms with Crippen LogP contribution in [-0.2, 0) is 5.41 Å². The molecule has 0 fully saturated rings. The zero-order valence-electron chi connectivity index (χ0n) is 25.5. The number of para-hydroxylation sites is 3. The minimum absolute atomic E-state index is 0.482. The second-order valence-corrected chi connectivity index (χ2v) is 12.2. The Bertz CT molecular complexity index is 2370. The molecule has 1 aromatic heterocycles. The van der Waals surface area contributed by atoms with Gasteiger partial charge < -0.3 is 9.32 Å². The number of benzene rings is 7. The zero-order chi connectivity index (χ0) is 30.7. The van der Waals surface area contributed by atoms with E-state index in [0.717, 1.165) is 39.0 Å². The largest absolute Gasteiger partial charge is 0.454 e. The normalized spacial score (nSPS) is 15.2. The van der Waals surface area contributed by atoms with Gasteiger partial charge in [-0.15, -0.1) is 0 Å². The van der Waals surface area contributed by atoms with Crippen molar-refractivity contribution in [2.75, 3.05) is 4.90 Å². The SMILES string of the molecule is Cc1ccc(C2(c3ccccc3)c3ccccc3-c3ccc(N(c4ccccc4)c4cccc5c4oc4ccccc45)cc32)cc1. The van der Waals surface area contributed by atoms with Crippen molar-refractivity contribution in [1.29, 1.82) is 0 Å². The van der Waals surface area contributed by atoms with Crippen molar-refractivity contribution >= 4 is 39.0 Å². The van der Waals surface area contributed by atoms with Crippen LogP contribution in [0.4, 0.5) is 17.1 Å². The van der Waals surface area contributed by atoms with Gasteiger partial charge in [-0.05, 0) is 76.7 Å². The van der Waals surface area contributed by atoms with Crippen molar-refractivity contribution in [1.82, 2.24) is 0 Å². The van der Waals surface area contributed by atoms with Gasteiger partial charge in [-0.2, -0.15) is 0 Å². The number of nitrogens with zero attached hydrogens (tertiary/aromatic N) is 1. The van der Waals surface area contributed by atoms with Crippen LogP contribution in [0.1, 0.15) is 27.8 Å². The minimum Gasteiger partial charge on any atom is -0.454 e. The van der Waals surface area contributed by atoms with E-state index in [2.05, 4.69) is 170 Å². The van der Waals surface area contributed by atoms with E-state index in [1.807, 2.05) is 12.1 Å². The Kier molecular flexibility index (Phi) is 5.97. The maximum absolute atomic E-state index is 6.60. The summed E-state index contributed by atoms with van der Waals surface area (Å²) in [7, 11) is 0. The first-order valence-corrected chi connectivity index (χ1v) is 15.9. The smallest absolute Gasteiger partial charge is 0.159 e. The molecular weight excluding hydrogens is 558 g/mol. The summed E-state index contributed by atoms with van der Waals surface area (Å²) in [5, 5.41) is 2.24. The summed E-state index contributed by atoms with van der Waals surface area (Å²) in [6, 6.07) is 61.4. The molecule has 0 amide bonds. The average Bonchev–Trinajstić information content (AvgIpc) is 3.64. The zero-order valence-corrected chi connectivity index (χ0v) is 25.5. The van der Waals surface area contributed by atoms with Crippen LogP contribution in [0.2, 0.25) is 0 Å². The summed E-state index contributed by atoms with van der Waals surface area (Å²) >= 11 is 0. The van der Waals surface area contributed by atoms with Crippen LogP contribution in [0, 0.1) is 6.92 Å². The van der Waals surface area contributed by atoms with Gasteiger partial charge in [0.05, 0.1) is 11.1 Å². The van der Waals surface area contributed by atoms with E-state index in [4.69, 9.17) is 4.42 Å². The molecule has 46 heavy (non-hydrogen) atoms. The minimum atomic E-state index is -0.482. The van der Waals surface area contributed by atoms with Gasteiger partial charge in [0, 0.05) is 22.1 Å². The molecule has 2 heteroatoms. The number of rotatable bonds is 5. The van der Waals surface area contributed by atoms with Crippen molar-refractivity contribution in [3.05, 3.63) is 198 Å². The fourth-order valence-corrected chi connectivity index (χ4v) is 7.60. The molecule has 0 N–H and O–H groups in total. The van der Waals surface area contributed by atoms with Crippen molar-refractivity contribution in [2.45, 2.75) is 12.3 Å². The first kappa shape index (κ1) is 26.5. The predicted molar refractivity (Wildman–Crippen MR) is 190 cm³/mol. The summed E-state index contributed by atoms with van der Waals surface area (Å²) < 4.78 is 6.60. The molecule has 2 nitrogen and oxygen atoms in total. The Hall–Kier alpha value is -5.86. The topological polar surface area (TPSA) is 16.4 Å². The molecule has 1 atom stereocenters. The maximum Gasteiger partial charge on any atom is 0.159 e. The standard InChI is InChI=1S/C44H31NO/c1-30-23-25-32(26-24-30)44(31-13-4-2-5-14-31)39-20-10-8-17-35(39)36-28-27-34(29-40(36)44)45(33-15-6-3-7-16-33)41-21-12-19-38-37-18-9-11-22-42(37)46-43(38)41/h2-29H,1H3. The van der Waals surface area contributed by atoms with Crippen LogP contribution in [0.3, 0.4) is 0 Å². The lowest BCUT2D eigenvalue weighted by Crippen LogP contribution is -2.28. The van der Waals surface area contributed by atoms with Gasteiger partial charge in [0.2, 0.25) is 0 Å². The molecule has 218 valence electrons. The fraction of sp³-hybridized carbons (Fsp3) is 0.0455. The lowest BCUT2D eigenvalue weighted by Gasteiger charge is -2.35. The van der Waals surface area contributed by atoms with Gasteiger partial charge in [0.1, 0.15) is 5.58 Å². The number of hydrogen-bond donors (Lipinski definition) is 0. The molecule has 1 heterocycles. The van der Waals surface area contributed by atoms with Gasteiger partial charge in [-0.25, -0.2) is 0 Å². The second-order valence-electron chi connectivity index (χ2n) is 12.2. The van der Waals surface area contributed by atoms with Gasteiger partial charge in [-0.3, -0.25) is 0 Å². The highest BCUT2D eigenvalue weighted by Gasteiger charge is 2.46. The molecule has 8 aromatic rings. The first-order valence-electron chi connectivity index (χ1n) is 15.9. The third-order valence-corrected chi connectivity index (χ3v) is 9.62. The summed E-state index contributed by atoms with van der Waals surface area (Å²) in [5.41, 5.74) is 13.4. The first-order chi connectivity index (χ1) is 22.7. The Labute approximate surface area is 268 Å². The fourth-order valence-electron chi connectivity index (χ4n) is 7.60. The lowest BCUT2D eigenvalue weighted by molar-refractivity contribution is 0.669. The maximum atomic E-state index is 6.60. The molecule has 0 spiro atoms. The van der Waals surface area contributed by atoms with E-state index >= 15 is 0 Å². The molecule has 1 aliphatic rings. The van der Waals surface area contributed by atoms with Crippen LogP contribution in [0.5, 0.6) is 0 Å². The van der Waals surface area contributed by atoms with E-state index in [1.54, 1.807) is 0 Å². The lowest BCUT2D eigenvalue weighted by atomic mass is 9.67. The summed E-state index contributed by atoms with van der Waals surface area (Å²) in [5.74, 6) is 0. The number of fused-ring (bicyclic) bond motifs is 6. The Morgan fingerprint density at radius 3 is 1.96 bits per heavy atom. The van der Waals surface area contributed by atoms with Crippen LogP contribution in [-0.4, -0.2) is 0 Å². The van der Waals surface area contributed by atoms with Crippen molar-refractivity contribution < 1.29 is 4.42 Å².